The van der Waals surface area contributed by atoms with Gasteiger partial charge in [-0.05, 0) is 53.3 Å². The van der Waals surface area contributed by atoms with Gasteiger partial charge in [0.25, 0.3) is 0 Å². The molecule has 3 nitrogen and oxygen atoms in total. The van der Waals surface area contributed by atoms with Crippen LogP contribution in [0.5, 0.6) is 11.5 Å². The monoisotopic (exact) mass is 466 g/mol. The van der Waals surface area contributed by atoms with Crippen LogP contribution in [0.25, 0.3) is 6.08 Å². The van der Waals surface area contributed by atoms with Crippen molar-refractivity contribution in [2.45, 2.75) is 39.7 Å². The molecule has 3 aromatic carbocycles. The molecule has 4 rings (SSSR count). The summed E-state index contributed by atoms with van der Waals surface area (Å²) in [7, 11) is 0. The second-order valence-electron chi connectivity index (χ2n) is 8.91. The number of ether oxygens (including phenoxy) is 2. The van der Waals surface area contributed by atoms with Crippen molar-refractivity contribution < 1.29 is 14.3 Å². The molecule has 1 aliphatic heterocycles. The molecule has 0 aromatic heterocycles. The van der Waals surface area contributed by atoms with Gasteiger partial charge in [0.15, 0.2) is 5.76 Å². The molecule has 1 aliphatic rings. The van der Waals surface area contributed by atoms with E-state index in [1.165, 1.54) is 5.56 Å². The summed E-state index contributed by atoms with van der Waals surface area (Å²) in [6.45, 7) is 8.60. The number of hydrogen-bond acceptors (Lipinski definition) is 3. The second-order valence-corrected chi connectivity index (χ2v) is 9.73. The third-order valence-corrected chi connectivity index (χ3v) is 6.17. The highest BCUT2D eigenvalue weighted by Gasteiger charge is 2.30. The molecule has 0 N–H and O–H groups in total. The van der Waals surface area contributed by atoms with E-state index < -0.39 is 0 Å². The lowest BCUT2D eigenvalue weighted by molar-refractivity contribution is 0.101. The predicted octanol–water partition coefficient (Wildman–Crippen LogP) is 7.79. The van der Waals surface area contributed by atoms with Crippen molar-refractivity contribution in [1.82, 2.24) is 0 Å². The molecule has 0 atom stereocenters. The molecule has 1 heterocycles. The highest BCUT2D eigenvalue weighted by Crippen LogP contribution is 2.38. The molecule has 0 saturated carbocycles. The van der Waals surface area contributed by atoms with Gasteiger partial charge in [-0.2, -0.15) is 0 Å². The average Bonchev–Trinajstić information content (AvgIpc) is 3.03. The van der Waals surface area contributed by atoms with Crippen molar-refractivity contribution in [3.05, 3.63) is 98.2 Å². The first-order chi connectivity index (χ1) is 15.1. The maximum Gasteiger partial charge on any atom is 0.232 e. The molecule has 0 saturated heterocycles. The fourth-order valence-corrected chi connectivity index (χ4v) is 4.12. The van der Waals surface area contributed by atoms with Crippen LogP contribution in [0.4, 0.5) is 0 Å². The fraction of sp³-hybridized carbons (Fsp3) is 0.222. The van der Waals surface area contributed by atoms with Gasteiger partial charge < -0.3 is 9.47 Å². The van der Waals surface area contributed by atoms with Crippen LogP contribution >= 0.6 is 23.2 Å². The molecular weight excluding hydrogens is 443 g/mol. The van der Waals surface area contributed by atoms with E-state index in [0.29, 0.717) is 38.4 Å². The third-order valence-electron chi connectivity index (χ3n) is 5.46. The lowest BCUT2D eigenvalue weighted by atomic mass is 9.86. The second kappa shape index (κ2) is 8.65. The van der Waals surface area contributed by atoms with Crippen LogP contribution in [0.1, 0.15) is 53.4 Å². The first kappa shape index (κ1) is 22.4. The summed E-state index contributed by atoms with van der Waals surface area (Å²) in [6, 6.07) is 17.0. The molecule has 5 heteroatoms. The molecular formula is C27H24Cl2O3. The van der Waals surface area contributed by atoms with Crippen LogP contribution in [0.3, 0.4) is 0 Å². The summed E-state index contributed by atoms with van der Waals surface area (Å²) in [4.78, 5) is 13.0. The first-order valence-electron chi connectivity index (χ1n) is 10.4. The Hall–Kier alpha value is -2.75. The minimum atomic E-state index is -0.127. The first-order valence-corrected chi connectivity index (χ1v) is 11.1. The molecule has 0 fully saturated rings. The summed E-state index contributed by atoms with van der Waals surface area (Å²) < 4.78 is 11.8. The van der Waals surface area contributed by atoms with Gasteiger partial charge in [-0.3, -0.25) is 4.79 Å². The lowest BCUT2D eigenvalue weighted by Crippen LogP contribution is -2.10. The summed E-state index contributed by atoms with van der Waals surface area (Å²) in [5, 5.41) is 1.09. The van der Waals surface area contributed by atoms with Crippen molar-refractivity contribution in [2.75, 3.05) is 0 Å². The van der Waals surface area contributed by atoms with Gasteiger partial charge >= 0.3 is 0 Å². The van der Waals surface area contributed by atoms with Gasteiger partial charge in [-0.1, -0.05) is 74.3 Å². The zero-order valence-electron chi connectivity index (χ0n) is 18.5. The maximum absolute atomic E-state index is 13.0. The van der Waals surface area contributed by atoms with Crippen LogP contribution in [0.15, 0.2) is 60.4 Å². The fourth-order valence-electron chi connectivity index (χ4n) is 3.62. The molecule has 0 spiro atoms. The summed E-state index contributed by atoms with van der Waals surface area (Å²) in [5.74, 6) is 1.25. The Morgan fingerprint density at radius 1 is 1.00 bits per heavy atom. The number of carbonyl (C=O) groups excluding carboxylic acids is 1. The number of hydrogen-bond donors (Lipinski definition) is 0. The van der Waals surface area contributed by atoms with Crippen LogP contribution in [0.2, 0.25) is 10.0 Å². The zero-order valence-corrected chi connectivity index (χ0v) is 20.0. The van der Waals surface area contributed by atoms with Crippen molar-refractivity contribution >= 4 is 35.1 Å². The summed E-state index contributed by atoms with van der Waals surface area (Å²) >= 11 is 12.5. The topological polar surface area (TPSA) is 35.5 Å². The Morgan fingerprint density at radius 3 is 2.28 bits per heavy atom. The molecule has 0 amide bonds. The number of aryl methyl sites for hydroxylation is 1. The SMILES string of the molecule is Cc1cc(OCc2c(Cl)cccc2Cl)cc2c1C(=O)/C(=C/c1ccc(C(C)(C)C)cc1)O2. The van der Waals surface area contributed by atoms with Gasteiger partial charge in [0, 0.05) is 21.7 Å². The number of benzene rings is 3. The van der Waals surface area contributed by atoms with E-state index in [0.717, 1.165) is 11.1 Å². The normalized spacial score (nSPS) is 14.4. The molecule has 32 heavy (non-hydrogen) atoms. The quantitative estimate of drug-likeness (QED) is 0.368. The Morgan fingerprint density at radius 2 is 1.66 bits per heavy atom. The van der Waals surface area contributed by atoms with Crippen molar-refractivity contribution in [3.63, 3.8) is 0 Å². The zero-order chi connectivity index (χ0) is 23.0. The molecule has 0 unspecified atom stereocenters. The van der Waals surface area contributed by atoms with E-state index in [2.05, 4.69) is 32.9 Å². The number of ketones is 1. The van der Waals surface area contributed by atoms with E-state index in [1.54, 1.807) is 30.3 Å². The Kier molecular flexibility index (Phi) is 6.07. The molecule has 164 valence electrons. The van der Waals surface area contributed by atoms with E-state index in [4.69, 9.17) is 32.7 Å². The minimum Gasteiger partial charge on any atom is -0.489 e. The van der Waals surface area contributed by atoms with Gasteiger partial charge in [0.1, 0.15) is 18.1 Å². The highest BCUT2D eigenvalue weighted by atomic mass is 35.5. The van der Waals surface area contributed by atoms with Crippen LogP contribution in [0, 0.1) is 6.92 Å². The standard InChI is InChI=1S/C27H24Cl2O3/c1-16-12-19(31-15-20-21(28)6-5-7-22(20)29)14-23-25(16)26(30)24(32-23)13-17-8-10-18(11-9-17)27(2,3)4/h5-14H,15H2,1-4H3/b24-13-. The molecule has 0 radical (unpaired) electrons. The molecule has 0 aliphatic carbocycles. The van der Waals surface area contributed by atoms with Crippen molar-refractivity contribution in [1.29, 1.82) is 0 Å². The summed E-state index contributed by atoms with van der Waals surface area (Å²) in [6.07, 6.45) is 1.78. The number of fused-ring (bicyclic) bond motifs is 1. The van der Waals surface area contributed by atoms with E-state index in [1.807, 2.05) is 25.1 Å². The smallest absolute Gasteiger partial charge is 0.232 e. The van der Waals surface area contributed by atoms with Gasteiger partial charge in [-0.15, -0.1) is 0 Å². The third kappa shape index (κ3) is 4.55. The summed E-state index contributed by atoms with van der Waals surface area (Å²) in [5.41, 5.74) is 4.29. The number of carbonyl (C=O) groups is 1. The highest BCUT2D eigenvalue weighted by molar-refractivity contribution is 6.35. The number of halogens is 2. The van der Waals surface area contributed by atoms with E-state index in [9.17, 15) is 4.79 Å². The van der Waals surface area contributed by atoms with Crippen LogP contribution in [-0.2, 0) is 12.0 Å². The van der Waals surface area contributed by atoms with Crippen LogP contribution < -0.4 is 9.47 Å². The van der Waals surface area contributed by atoms with Crippen molar-refractivity contribution in [2.24, 2.45) is 0 Å². The number of Topliss-reactive ketones (excluding diaryl/α,β-unsaturated/α-hetero) is 1. The predicted molar refractivity (Wildman–Crippen MR) is 130 cm³/mol. The average molecular weight is 467 g/mol. The largest absolute Gasteiger partial charge is 0.489 e. The van der Waals surface area contributed by atoms with Gasteiger partial charge in [0.2, 0.25) is 5.78 Å². The Labute approximate surface area is 198 Å². The minimum absolute atomic E-state index is 0.0727. The van der Waals surface area contributed by atoms with Crippen molar-refractivity contribution in [3.8, 4) is 11.5 Å². The number of rotatable bonds is 4. The molecule has 3 aromatic rings. The Bertz CT molecular complexity index is 1200. The van der Waals surface area contributed by atoms with Gasteiger partial charge in [0.05, 0.1) is 5.56 Å². The van der Waals surface area contributed by atoms with E-state index >= 15 is 0 Å². The Balaban J connectivity index is 1.56. The maximum atomic E-state index is 13.0. The van der Waals surface area contributed by atoms with Gasteiger partial charge in [-0.25, -0.2) is 0 Å². The van der Waals surface area contributed by atoms with Crippen LogP contribution in [-0.4, -0.2) is 5.78 Å². The lowest BCUT2D eigenvalue weighted by Gasteiger charge is -2.18. The van der Waals surface area contributed by atoms with E-state index in [-0.39, 0.29) is 17.8 Å². The number of allylic oxidation sites excluding steroid dienone is 1. The molecule has 0 bridgehead atoms.